The molecule has 1 heterocycles. The van der Waals surface area contributed by atoms with Crippen molar-refractivity contribution in [2.45, 2.75) is 31.2 Å². The fourth-order valence-corrected chi connectivity index (χ4v) is 1.65. The average Bonchev–Trinajstić information content (AvgIpc) is 2.58. The zero-order chi connectivity index (χ0) is 8.55. The van der Waals surface area contributed by atoms with Gasteiger partial charge in [-0.25, -0.2) is 0 Å². The molecule has 1 aromatic rings. The first-order valence-corrected chi connectivity index (χ1v) is 4.10. The van der Waals surface area contributed by atoms with Gasteiger partial charge in [0.25, 0.3) is 5.95 Å². The Balaban J connectivity index is 2.11. The lowest BCUT2D eigenvalue weighted by molar-refractivity contribution is 0.354. The van der Waals surface area contributed by atoms with Crippen LogP contribution in [0.2, 0.25) is 0 Å². The third kappa shape index (κ3) is 1.27. The highest BCUT2D eigenvalue weighted by Gasteiger charge is 2.27. The molecule has 5 nitrogen and oxygen atoms in total. The number of aromatic nitrogens is 2. The second kappa shape index (κ2) is 2.75. The molecule has 0 saturated heterocycles. The first-order valence-electron chi connectivity index (χ1n) is 4.10. The molecule has 0 radical (unpaired) electrons. The summed E-state index contributed by atoms with van der Waals surface area (Å²) in [5.74, 6) is 1.18. The monoisotopic (exact) mass is 168 g/mol. The smallest absolute Gasteiger partial charge is 0.260 e. The first kappa shape index (κ1) is 7.54. The molecule has 0 aliphatic heterocycles. The normalized spacial score (nSPS) is 29.4. The molecule has 5 heteroatoms. The highest BCUT2D eigenvalue weighted by atomic mass is 16.5. The van der Waals surface area contributed by atoms with Crippen LogP contribution in [0.5, 0.6) is 0 Å². The Bertz CT molecular complexity index is 272. The van der Waals surface area contributed by atoms with E-state index in [0.29, 0.717) is 11.8 Å². The third-order valence-electron chi connectivity index (χ3n) is 2.28. The molecule has 0 bridgehead atoms. The van der Waals surface area contributed by atoms with Gasteiger partial charge in [0.05, 0.1) is 0 Å². The van der Waals surface area contributed by atoms with E-state index in [4.69, 9.17) is 16.0 Å². The van der Waals surface area contributed by atoms with E-state index in [-0.39, 0.29) is 12.0 Å². The minimum Gasteiger partial charge on any atom is -0.365 e. The van der Waals surface area contributed by atoms with Gasteiger partial charge < -0.3 is 16.0 Å². The predicted molar refractivity (Wildman–Crippen MR) is 43.3 cm³/mol. The number of hydrogen-bond acceptors (Lipinski definition) is 5. The zero-order valence-corrected chi connectivity index (χ0v) is 6.73. The number of nitrogen functional groups attached to an aromatic ring is 1. The molecule has 66 valence electrons. The predicted octanol–water partition coefficient (Wildman–Crippen LogP) is 0.247. The Kier molecular flexibility index (Phi) is 1.73. The van der Waals surface area contributed by atoms with E-state index in [0.717, 1.165) is 19.3 Å². The molecule has 1 aliphatic carbocycles. The van der Waals surface area contributed by atoms with Crippen molar-refractivity contribution in [3.63, 3.8) is 0 Å². The van der Waals surface area contributed by atoms with Gasteiger partial charge in [0, 0.05) is 12.0 Å². The Hall–Kier alpha value is -1.10. The van der Waals surface area contributed by atoms with Gasteiger partial charge >= 0.3 is 0 Å². The van der Waals surface area contributed by atoms with Gasteiger partial charge in [0.2, 0.25) is 5.89 Å². The lowest BCUT2D eigenvalue weighted by Gasteiger charge is -2.00. The number of rotatable bonds is 1. The maximum absolute atomic E-state index is 5.75. The molecule has 2 rings (SSSR count). The summed E-state index contributed by atoms with van der Waals surface area (Å²) in [5.41, 5.74) is 11.1. The largest absolute Gasteiger partial charge is 0.365 e. The molecule has 2 atom stereocenters. The minimum atomic E-state index is 0.213. The van der Waals surface area contributed by atoms with Crippen molar-refractivity contribution in [2.75, 3.05) is 5.73 Å². The van der Waals surface area contributed by atoms with Crippen LogP contribution >= 0.6 is 0 Å². The van der Waals surface area contributed by atoms with Gasteiger partial charge in [-0.1, -0.05) is 0 Å². The van der Waals surface area contributed by atoms with Crippen molar-refractivity contribution in [3.8, 4) is 0 Å². The van der Waals surface area contributed by atoms with Crippen LogP contribution in [-0.4, -0.2) is 16.2 Å². The second-order valence-corrected chi connectivity index (χ2v) is 3.26. The van der Waals surface area contributed by atoms with Crippen LogP contribution in [0, 0.1) is 0 Å². The van der Waals surface area contributed by atoms with E-state index in [1.807, 2.05) is 0 Å². The number of nitrogens with two attached hydrogens (primary N) is 2. The van der Waals surface area contributed by atoms with E-state index in [9.17, 15) is 0 Å². The fraction of sp³-hybridized carbons (Fsp3) is 0.714. The Labute approximate surface area is 70.1 Å². The number of anilines is 1. The number of nitrogens with zero attached hydrogens (tertiary/aromatic N) is 2. The Morgan fingerprint density at radius 1 is 1.42 bits per heavy atom. The zero-order valence-electron chi connectivity index (χ0n) is 6.73. The van der Waals surface area contributed by atoms with Crippen LogP contribution in [0.4, 0.5) is 5.95 Å². The highest BCUT2D eigenvalue weighted by Crippen LogP contribution is 2.32. The number of hydrogen-bond donors (Lipinski definition) is 2. The van der Waals surface area contributed by atoms with E-state index >= 15 is 0 Å². The quantitative estimate of drug-likeness (QED) is 0.627. The van der Waals surface area contributed by atoms with Crippen molar-refractivity contribution in [1.82, 2.24) is 10.1 Å². The maximum atomic E-state index is 5.75. The van der Waals surface area contributed by atoms with Gasteiger partial charge in [0.15, 0.2) is 0 Å². The van der Waals surface area contributed by atoms with Crippen molar-refractivity contribution >= 4 is 5.95 Å². The Morgan fingerprint density at radius 3 is 2.75 bits per heavy atom. The van der Waals surface area contributed by atoms with E-state index in [1.54, 1.807) is 0 Å². The van der Waals surface area contributed by atoms with Crippen LogP contribution in [-0.2, 0) is 0 Å². The molecule has 1 fully saturated rings. The molecule has 0 amide bonds. The molecule has 0 spiro atoms. The summed E-state index contributed by atoms with van der Waals surface area (Å²) in [6.07, 6.45) is 3.00. The molecule has 0 aromatic carbocycles. The van der Waals surface area contributed by atoms with Crippen LogP contribution in [0.1, 0.15) is 31.1 Å². The average molecular weight is 168 g/mol. The van der Waals surface area contributed by atoms with Crippen molar-refractivity contribution < 1.29 is 4.52 Å². The maximum Gasteiger partial charge on any atom is 0.260 e. The van der Waals surface area contributed by atoms with Gasteiger partial charge in [0.1, 0.15) is 0 Å². The third-order valence-corrected chi connectivity index (χ3v) is 2.28. The molecule has 1 aliphatic rings. The van der Waals surface area contributed by atoms with E-state index in [2.05, 4.69) is 10.1 Å². The summed E-state index contributed by atoms with van der Waals surface area (Å²) >= 11 is 0. The van der Waals surface area contributed by atoms with E-state index < -0.39 is 0 Å². The lowest BCUT2D eigenvalue weighted by atomic mass is 10.1. The van der Waals surface area contributed by atoms with Crippen molar-refractivity contribution in [3.05, 3.63) is 5.89 Å². The molecular formula is C7H12N4O. The summed E-state index contributed by atoms with van der Waals surface area (Å²) in [4.78, 5) is 3.97. The summed E-state index contributed by atoms with van der Waals surface area (Å²) in [7, 11) is 0. The van der Waals surface area contributed by atoms with Crippen LogP contribution < -0.4 is 11.5 Å². The molecule has 4 N–H and O–H groups in total. The summed E-state index contributed by atoms with van der Waals surface area (Å²) < 4.78 is 4.95. The second-order valence-electron chi connectivity index (χ2n) is 3.26. The van der Waals surface area contributed by atoms with Crippen LogP contribution in [0.3, 0.4) is 0 Å². The molecular weight excluding hydrogens is 156 g/mol. The SMILES string of the molecule is Nc1noc([C@H]2CC[C@@H](N)C2)n1. The van der Waals surface area contributed by atoms with Gasteiger partial charge in [-0.2, -0.15) is 4.98 Å². The lowest BCUT2D eigenvalue weighted by Crippen LogP contribution is -2.14. The minimum absolute atomic E-state index is 0.213. The van der Waals surface area contributed by atoms with E-state index in [1.165, 1.54) is 0 Å². The van der Waals surface area contributed by atoms with Gasteiger partial charge in [-0.05, 0) is 24.4 Å². The van der Waals surface area contributed by atoms with Crippen molar-refractivity contribution in [1.29, 1.82) is 0 Å². The standard InChI is InChI=1S/C7H12N4O/c8-5-2-1-4(3-5)6-10-7(9)11-12-6/h4-5H,1-3,8H2,(H2,9,11)/t4-,5+/m0/s1. The van der Waals surface area contributed by atoms with Crippen LogP contribution in [0.15, 0.2) is 4.52 Å². The summed E-state index contributed by atoms with van der Waals surface area (Å²) in [6.45, 7) is 0. The molecule has 1 aromatic heterocycles. The highest BCUT2D eigenvalue weighted by molar-refractivity contribution is 5.13. The summed E-state index contributed by atoms with van der Waals surface area (Å²) in [5, 5.41) is 3.54. The topological polar surface area (TPSA) is 91.0 Å². The first-order chi connectivity index (χ1) is 5.75. The Morgan fingerprint density at radius 2 is 2.25 bits per heavy atom. The molecule has 0 unspecified atom stereocenters. The summed E-state index contributed by atoms with van der Waals surface area (Å²) in [6, 6.07) is 0.281. The fourth-order valence-electron chi connectivity index (χ4n) is 1.65. The van der Waals surface area contributed by atoms with Crippen LogP contribution in [0.25, 0.3) is 0 Å². The van der Waals surface area contributed by atoms with Gasteiger partial charge in [-0.3, -0.25) is 0 Å². The molecule has 12 heavy (non-hydrogen) atoms. The van der Waals surface area contributed by atoms with Gasteiger partial charge in [-0.15, -0.1) is 0 Å². The molecule has 1 saturated carbocycles. The van der Waals surface area contributed by atoms with Crippen molar-refractivity contribution in [2.24, 2.45) is 5.73 Å².